The van der Waals surface area contributed by atoms with Gasteiger partial charge in [0, 0.05) is 25.0 Å². The van der Waals surface area contributed by atoms with E-state index in [1.54, 1.807) is 33.1 Å². The van der Waals surface area contributed by atoms with Crippen LogP contribution in [0.2, 0.25) is 0 Å². The van der Waals surface area contributed by atoms with Crippen molar-refractivity contribution in [1.29, 1.82) is 0 Å². The number of pyridine rings is 1. The molecule has 2 aliphatic heterocycles. The van der Waals surface area contributed by atoms with Crippen LogP contribution < -0.4 is 25.4 Å². The number of benzene rings is 1. The lowest BCUT2D eigenvalue weighted by Crippen LogP contribution is -2.46. The van der Waals surface area contributed by atoms with Crippen molar-refractivity contribution in [1.82, 2.24) is 15.0 Å². The van der Waals surface area contributed by atoms with Crippen LogP contribution in [0.4, 0.5) is 33.5 Å². The Kier molecular flexibility index (Phi) is 6.31. The van der Waals surface area contributed by atoms with Gasteiger partial charge < -0.3 is 30.2 Å². The van der Waals surface area contributed by atoms with Gasteiger partial charge in [-0.1, -0.05) is 6.07 Å². The minimum atomic E-state index is -1.01. The van der Waals surface area contributed by atoms with Crippen LogP contribution in [0.3, 0.4) is 0 Å². The molecule has 0 saturated carbocycles. The van der Waals surface area contributed by atoms with Gasteiger partial charge in [0.15, 0.2) is 28.8 Å². The monoisotopic (exact) mass is 494 g/mol. The molecule has 3 N–H and O–H groups in total. The highest BCUT2D eigenvalue weighted by molar-refractivity contribution is 5.99. The maximum Gasteiger partial charge on any atom is 0.269 e. The molecule has 5 rings (SSSR count). The van der Waals surface area contributed by atoms with Gasteiger partial charge in [0.05, 0.1) is 13.3 Å². The van der Waals surface area contributed by atoms with Gasteiger partial charge >= 0.3 is 0 Å². The fourth-order valence-electron chi connectivity index (χ4n) is 4.17. The van der Waals surface area contributed by atoms with Crippen LogP contribution in [0.15, 0.2) is 36.5 Å². The quantitative estimate of drug-likeness (QED) is 0.455. The number of nitrogens with one attached hydrogen (secondary N) is 3. The van der Waals surface area contributed by atoms with E-state index >= 15 is 0 Å². The van der Waals surface area contributed by atoms with Gasteiger partial charge in [-0.2, -0.15) is 4.98 Å². The lowest BCUT2D eigenvalue weighted by molar-refractivity contribution is -0.129. The van der Waals surface area contributed by atoms with E-state index < -0.39 is 11.4 Å². The summed E-state index contributed by atoms with van der Waals surface area (Å²) in [5, 5.41) is 8.64. The zero-order chi connectivity index (χ0) is 25.3. The molecule has 0 bridgehead atoms. The molecule has 10 nitrogen and oxygen atoms in total. The number of aromatic nitrogens is 3. The first-order chi connectivity index (χ1) is 17.3. The molecule has 1 aromatic carbocycles. The molecular formula is C25H27FN6O4. The Balaban J connectivity index is 1.34. The van der Waals surface area contributed by atoms with Crippen LogP contribution >= 0.6 is 0 Å². The van der Waals surface area contributed by atoms with Crippen molar-refractivity contribution in [3.05, 3.63) is 47.9 Å². The van der Waals surface area contributed by atoms with Gasteiger partial charge in [-0.3, -0.25) is 4.79 Å². The van der Waals surface area contributed by atoms with E-state index in [4.69, 9.17) is 14.2 Å². The third-order valence-corrected chi connectivity index (χ3v) is 6.14. The van der Waals surface area contributed by atoms with Crippen molar-refractivity contribution < 1.29 is 23.4 Å². The number of anilines is 5. The summed E-state index contributed by atoms with van der Waals surface area (Å²) >= 11 is 0. The second-order valence-corrected chi connectivity index (χ2v) is 9.09. The number of carbonyl (C=O) groups is 1. The summed E-state index contributed by atoms with van der Waals surface area (Å²) in [6.45, 7) is 4.81. The fraction of sp³-hybridized carbons (Fsp3) is 0.360. The van der Waals surface area contributed by atoms with Crippen LogP contribution in [-0.2, 0) is 9.53 Å². The van der Waals surface area contributed by atoms with Crippen LogP contribution in [0.5, 0.6) is 11.5 Å². The topological polar surface area (TPSA) is 120 Å². The van der Waals surface area contributed by atoms with Crippen LogP contribution in [0, 0.1) is 5.82 Å². The Labute approximate surface area is 207 Å². The van der Waals surface area contributed by atoms with Crippen molar-refractivity contribution in [3.63, 3.8) is 0 Å². The minimum absolute atomic E-state index is 0.0749. The maximum atomic E-state index is 14.5. The molecule has 4 heterocycles. The molecule has 1 saturated heterocycles. The zero-order valence-electron chi connectivity index (χ0n) is 20.2. The molecule has 0 atom stereocenters. The largest absolute Gasteiger partial charge is 0.496 e. The Morgan fingerprint density at radius 2 is 1.94 bits per heavy atom. The van der Waals surface area contributed by atoms with E-state index in [1.807, 2.05) is 18.2 Å². The van der Waals surface area contributed by atoms with Crippen molar-refractivity contribution in [2.24, 2.45) is 0 Å². The number of hydrogen-bond acceptors (Lipinski definition) is 9. The summed E-state index contributed by atoms with van der Waals surface area (Å²) in [5.74, 6) is 1.23. The summed E-state index contributed by atoms with van der Waals surface area (Å²) in [4.78, 5) is 24.8. The second kappa shape index (κ2) is 9.57. The number of fused-ring (bicyclic) bond motifs is 1. The minimum Gasteiger partial charge on any atom is -0.496 e. The predicted octanol–water partition coefficient (Wildman–Crippen LogP) is 4.51. The lowest BCUT2D eigenvalue weighted by Gasteiger charge is -2.30. The first kappa shape index (κ1) is 23.7. The fourth-order valence-corrected chi connectivity index (χ4v) is 4.17. The van der Waals surface area contributed by atoms with E-state index in [0.717, 1.165) is 43.6 Å². The molecule has 0 radical (unpaired) electrons. The Morgan fingerprint density at radius 3 is 2.72 bits per heavy atom. The van der Waals surface area contributed by atoms with E-state index in [1.165, 1.54) is 0 Å². The van der Waals surface area contributed by atoms with Crippen LogP contribution in [0.25, 0.3) is 0 Å². The molecule has 0 spiro atoms. The average Bonchev–Trinajstić information content (AvgIpc) is 2.87. The highest BCUT2D eigenvalue weighted by Crippen LogP contribution is 2.36. The van der Waals surface area contributed by atoms with Crippen molar-refractivity contribution >= 4 is 35.0 Å². The molecule has 0 aliphatic carbocycles. The lowest BCUT2D eigenvalue weighted by atomic mass is 9.91. The molecule has 2 aromatic heterocycles. The summed E-state index contributed by atoms with van der Waals surface area (Å²) in [5.41, 5.74) is 0.829. The van der Waals surface area contributed by atoms with Crippen LogP contribution in [-0.4, -0.2) is 46.8 Å². The van der Waals surface area contributed by atoms with E-state index in [2.05, 4.69) is 30.9 Å². The third-order valence-electron chi connectivity index (χ3n) is 6.14. The summed E-state index contributed by atoms with van der Waals surface area (Å²) in [6.07, 6.45) is 2.96. The number of rotatable bonds is 6. The maximum absolute atomic E-state index is 14.5. The van der Waals surface area contributed by atoms with Crippen molar-refractivity contribution in [3.8, 4) is 11.5 Å². The summed E-state index contributed by atoms with van der Waals surface area (Å²) in [6, 6.07) is 9.08. The SMILES string of the molecule is COc1cc(Nc2ncc(F)c(Nc3ccc4c(n3)NC(=O)C(C)(C)O4)n2)ccc1C1CCOCC1. The Hall–Kier alpha value is -3.99. The Morgan fingerprint density at radius 1 is 1.14 bits per heavy atom. The van der Waals surface area contributed by atoms with Gasteiger partial charge in [-0.15, -0.1) is 0 Å². The van der Waals surface area contributed by atoms with Gasteiger partial charge in [0.1, 0.15) is 11.6 Å². The first-order valence-electron chi connectivity index (χ1n) is 11.7. The van der Waals surface area contributed by atoms with Gasteiger partial charge in [-0.05, 0) is 56.4 Å². The zero-order valence-corrected chi connectivity index (χ0v) is 20.2. The number of amides is 1. The smallest absolute Gasteiger partial charge is 0.269 e. The highest BCUT2D eigenvalue weighted by Gasteiger charge is 2.36. The summed E-state index contributed by atoms with van der Waals surface area (Å²) in [7, 11) is 1.64. The molecule has 2 aliphatic rings. The second-order valence-electron chi connectivity index (χ2n) is 9.09. The number of carbonyl (C=O) groups excluding carboxylic acids is 1. The standard InChI is InChI=1S/C25H27FN6O4/c1-25(2)23(33)31-22-18(36-25)6-7-20(30-22)29-21-17(26)13-27-24(32-21)28-15-4-5-16(19(12-15)34-3)14-8-10-35-11-9-14/h4-7,12-14H,8-11H2,1-3H3,(H3,27,28,29,30,31,32,33). The first-order valence-corrected chi connectivity index (χ1v) is 11.7. The van der Waals surface area contributed by atoms with E-state index in [9.17, 15) is 9.18 Å². The van der Waals surface area contributed by atoms with Crippen LogP contribution in [0.1, 0.15) is 38.2 Å². The van der Waals surface area contributed by atoms with Crippen molar-refractivity contribution in [2.45, 2.75) is 38.2 Å². The molecule has 3 aromatic rings. The number of methoxy groups -OCH3 is 1. The highest BCUT2D eigenvalue weighted by atomic mass is 19.1. The van der Waals surface area contributed by atoms with Gasteiger partial charge in [-0.25, -0.2) is 14.4 Å². The molecule has 36 heavy (non-hydrogen) atoms. The summed E-state index contributed by atoms with van der Waals surface area (Å²) < 4.78 is 31.3. The molecular weight excluding hydrogens is 467 g/mol. The molecule has 11 heteroatoms. The number of ether oxygens (including phenoxy) is 3. The van der Waals surface area contributed by atoms with E-state index in [0.29, 0.717) is 17.4 Å². The van der Waals surface area contributed by atoms with Gasteiger partial charge in [0.25, 0.3) is 5.91 Å². The normalized spacial score (nSPS) is 16.9. The van der Waals surface area contributed by atoms with E-state index in [-0.39, 0.29) is 29.3 Å². The Bertz CT molecular complexity index is 1300. The molecule has 188 valence electrons. The number of hydrogen-bond donors (Lipinski definition) is 3. The molecule has 1 fully saturated rings. The average molecular weight is 495 g/mol. The molecule has 1 amide bonds. The third kappa shape index (κ3) is 4.87. The molecule has 0 unspecified atom stereocenters. The number of nitrogens with zero attached hydrogens (tertiary/aromatic N) is 3. The van der Waals surface area contributed by atoms with Gasteiger partial charge in [0.2, 0.25) is 5.95 Å². The number of halogens is 1. The predicted molar refractivity (Wildman–Crippen MR) is 132 cm³/mol. The van der Waals surface area contributed by atoms with Crippen molar-refractivity contribution in [2.75, 3.05) is 36.3 Å².